The Morgan fingerprint density at radius 3 is 2.70 bits per heavy atom. The van der Waals surface area contributed by atoms with Gasteiger partial charge in [-0.25, -0.2) is 9.97 Å². The van der Waals surface area contributed by atoms with Crippen molar-refractivity contribution in [1.82, 2.24) is 15.0 Å². The van der Waals surface area contributed by atoms with Crippen molar-refractivity contribution in [2.75, 3.05) is 12.4 Å². The van der Waals surface area contributed by atoms with Gasteiger partial charge in [-0.2, -0.15) is 4.98 Å². The van der Waals surface area contributed by atoms with Gasteiger partial charge in [0, 0.05) is 11.9 Å². The first-order valence-corrected chi connectivity index (χ1v) is 10.9. The molecule has 1 aliphatic rings. The van der Waals surface area contributed by atoms with Gasteiger partial charge in [0.25, 0.3) is 0 Å². The fraction of sp³-hybridized carbons (Fsp3) is 0.381. The quantitative estimate of drug-likeness (QED) is 0.532. The topological polar surface area (TPSA) is 100 Å². The molecule has 1 aliphatic carbocycles. The molecule has 9 heteroatoms. The maximum Gasteiger partial charge on any atom is 0.237 e. The number of aromatic nitrogens is 3. The number of aliphatic hydroxyl groups is 2. The van der Waals surface area contributed by atoms with Gasteiger partial charge in [0.2, 0.25) is 11.8 Å². The monoisotopic (exact) mass is 446 g/mol. The highest BCUT2D eigenvalue weighted by Crippen LogP contribution is 2.41. The van der Waals surface area contributed by atoms with Crippen molar-refractivity contribution < 1.29 is 14.9 Å². The van der Waals surface area contributed by atoms with Crippen molar-refractivity contribution in [3.05, 3.63) is 46.2 Å². The van der Waals surface area contributed by atoms with Crippen molar-refractivity contribution in [3.8, 4) is 16.3 Å². The molecule has 1 aromatic carbocycles. The van der Waals surface area contributed by atoms with Crippen LogP contribution in [0.3, 0.4) is 0 Å². The van der Waals surface area contributed by atoms with Gasteiger partial charge in [0.1, 0.15) is 15.6 Å². The Balaban J connectivity index is 1.59. The number of nitrogens with one attached hydrogen (secondary N) is 1. The Morgan fingerprint density at radius 2 is 1.97 bits per heavy atom. The zero-order valence-corrected chi connectivity index (χ0v) is 18.3. The Labute approximate surface area is 183 Å². The second-order valence-electron chi connectivity index (χ2n) is 7.56. The summed E-state index contributed by atoms with van der Waals surface area (Å²) in [7, 11) is 1.51. The number of ether oxygens (including phenoxy) is 1. The summed E-state index contributed by atoms with van der Waals surface area (Å²) in [6, 6.07) is 6.05. The molecule has 0 amide bonds. The van der Waals surface area contributed by atoms with Crippen LogP contribution in [0.4, 0.5) is 11.6 Å². The van der Waals surface area contributed by atoms with E-state index in [9.17, 15) is 10.2 Å². The Bertz CT molecular complexity index is 1050. The van der Waals surface area contributed by atoms with Crippen LogP contribution in [0.15, 0.2) is 30.6 Å². The van der Waals surface area contributed by atoms with E-state index >= 15 is 0 Å². The highest BCUT2D eigenvalue weighted by molar-refractivity contribution is 7.15. The lowest BCUT2D eigenvalue weighted by Gasteiger charge is -2.32. The summed E-state index contributed by atoms with van der Waals surface area (Å²) in [5.74, 6) is 0.688. The first-order chi connectivity index (χ1) is 14.4. The predicted molar refractivity (Wildman–Crippen MR) is 118 cm³/mol. The largest absolute Gasteiger partial charge is 0.480 e. The third kappa shape index (κ3) is 4.41. The summed E-state index contributed by atoms with van der Waals surface area (Å²) in [5.41, 5.74) is 1.91. The van der Waals surface area contributed by atoms with Crippen molar-refractivity contribution in [2.45, 2.75) is 44.3 Å². The third-order valence-electron chi connectivity index (χ3n) is 5.21. The highest BCUT2D eigenvalue weighted by atomic mass is 35.5. The van der Waals surface area contributed by atoms with E-state index in [0.717, 1.165) is 21.7 Å². The van der Waals surface area contributed by atoms with Gasteiger partial charge in [-0.05, 0) is 55.9 Å². The molecule has 2 heterocycles. The van der Waals surface area contributed by atoms with E-state index in [0.29, 0.717) is 47.5 Å². The summed E-state index contributed by atoms with van der Waals surface area (Å²) in [6.45, 7) is 2.01. The summed E-state index contributed by atoms with van der Waals surface area (Å²) in [6.07, 6.45) is 5.19. The molecular formula is C21H23ClN4O3S. The maximum absolute atomic E-state index is 11.0. The van der Waals surface area contributed by atoms with Gasteiger partial charge in [-0.15, -0.1) is 11.3 Å². The number of aliphatic hydroxyl groups excluding tert-OH is 1. The van der Waals surface area contributed by atoms with E-state index in [1.165, 1.54) is 24.6 Å². The van der Waals surface area contributed by atoms with Gasteiger partial charge in [-0.1, -0.05) is 17.7 Å². The van der Waals surface area contributed by atoms with Crippen molar-refractivity contribution in [1.29, 1.82) is 0 Å². The number of hydrogen-bond acceptors (Lipinski definition) is 8. The molecule has 4 rings (SSSR count). The molecule has 158 valence electrons. The van der Waals surface area contributed by atoms with Gasteiger partial charge in [0.05, 0.1) is 24.3 Å². The van der Waals surface area contributed by atoms with Crippen LogP contribution < -0.4 is 10.1 Å². The number of rotatable bonds is 5. The van der Waals surface area contributed by atoms with Gasteiger partial charge < -0.3 is 20.3 Å². The number of nitrogens with zero attached hydrogens (tertiary/aromatic N) is 3. The molecule has 0 saturated heterocycles. The summed E-state index contributed by atoms with van der Waals surface area (Å²) >= 11 is 7.48. The first-order valence-electron chi connectivity index (χ1n) is 9.69. The Hall–Kier alpha value is -2.26. The minimum Gasteiger partial charge on any atom is -0.480 e. The Morgan fingerprint density at radius 1 is 1.20 bits per heavy atom. The lowest BCUT2D eigenvalue weighted by atomic mass is 9.84. The van der Waals surface area contributed by atoms with Crippen molar-refractivity contribution >= 4 is 34.6 Å². The molecule has 7 nitrogen and oxygen atoms in total. The number of anilines is 2. The number of thiazole rings is 1. The van der Waals surface area contributed by atoms with E-state index in [4.69, 9.17) is 16.3 Å². The molecule has 2 aromatic heterocycles. The van der Waals surface area contributed by atoms with Crippen LogP contribution in [0.1, 0.15) is 36.3 Å². The van der Waals surface area contributed by atoms with Crippen molar-refractivity contribution in [3.63, 3.8) is 0 Å². The molecule has 0 spiro atoms. The van der Waals surface area contributed by atoms with Crippen LogP contribution >= 0.6 is 22.9 Å². The highest BCUT2D eigenvalue weighted by Gasteiger charge is 2.36. The normalized spacial score (nSPS) is 21.4. The molecule has 1 saturated carbocycles. The lowest BCUT2D eigenvalue weighted by molar-refractivity contribution is -0.0362. The van der Waals surface area contributed by atoms with E-state index < -0.39 is 5.60 Å². The van der Waals surface area contributed by atoms with Gasteiger partial charge in [-0.3, -0.25) is 0 Å². The molecule has 3 N–H and O–H groups in total. The van der Waals surface area contributed by atoms with E-state index in [-0.39, 0.29) is 6.10 Å². The van der Waals surface area contributed by atoms with Crippen LogP contribution in [0.5, 0.6) is 5.88 Å². The van der Waals surface area contributed by atoms with Gasteiger partial charge in [0.15, 0.2) is 0 Å². The minimum absolute atomic E-state index is 0.306. The second kappa shape index (κ2) is 8.47. The van der Waals surface area contributed by atoms with E-state index in [1.807, 2.05) is 19.1 Å². The van der Waals surface area contributed by atoms with Crippen LogP contribution in [-0.2, 0) is 5.60 Å². The number of hydrogen-bond donors (Lipinski definition) is 3. The molecular weight excluding hydrogens is 424 g/mol. The average Bonchev–Trinajstić information content (AvgIpc) is 3.23. The molecule has 0 aliphatic heterocycles. The SMILES string of the molecule is COc1nc(Nc2cc(C)cc(-c3cnc([C@]4(O)CC[C@H](O)CC4)s3)c2)ncc1Cl. The smallest absolute Gasteiger partial charge is 0.237 e. The predicted octanol–water partition coefficient (Wildman–Crippen LogP) is 4.44. The molecule has 0 unspecified atom stereocenters. The van der Waals surface area contributed by atoms with Crippen LogP contribution in [-0.4, -0.2) is 38.4 Å². The molecule has 0 atom stereocenters. The van der Waals surface area contributed by atoms with E-state index in [2.05, 4.69) is 26.3 Å². The number of halogens is 1. The second-order valence-corrected chi connectivity index (χ2v) is 8.99. The third-order valence-corrected chi connectivity index (χ3v) is 6.71. The van der Waals surface area contributed by atoms with Crippen LogP contribution in [0.25, 0.3) is 10.4 Å². The molecule has 3 aromatic rings. The fourth-order valence-corrected chi connectivity index (χ4v) is 4.82. The first kappa shape index (κ1) is 21.0. The fourth-order valence-electron chi connectivity index (χ4n) is 3.60. The van der Waals surface area contributed by atoms with Crippen molar-refractivity contribution in [2.24, 2.45) is 0 Å². The number of methoxy groups -OCH3 is 1. The summed E-state index contributed by atoms with van der Waals surface area (Å²) in [4.78, 5) is 13.9. The standard InChI is InChI=1S/C21H23ClN4O3S/c1-12-7-13(9-14(8-12)25-20-24-10-16(22)18(26-20)29-2)17-11-23-19(30-17)21(28)5-3-15(27)4-6-21/h7-11,15,27-28H,3-6H2,1-2H3,(H,24,25,26)/t15-,21-. The molecule has 30 heavy (non-hydrogen) atoms. The summed E-state index contributed by atoms with van der Waals surface area (Å²) < 4.78 is 5.15. The van der Waals surface area contributed by atoms with Gasteiger partial charge >= 0.3 is 0 Å². The average molecular weight is 447 g/mol. The zero-order chi connectivity index (χ0) is 21.3. The van der Waals surface area contributed by atoms with E-state index in [1.54, 1.807) is 6.20 Å². The minimum atomic E-state index is -0.958. The maximum atomic E-state index is 11.0. The molecule has 0 radical (unpaired) electrons. The molecule has 1 fully saturated rings. The zero-order valence-electron chi connectivity index (χ0n) is 16.7. The lowest BCUT2D eigenvalue weighted by Crippen LogP contribution is -2.33. The number of aryl methyl sites for hydroxylation is 1. The Kier molecular flexibility index (Phi) is 5.92. The summed E-state index contributed by atoms with van der Waals surface area (Å²) in [5, 5.41) is 25.0. The van der Waals surface area contributed by atoms with Crippen LogP contribution in [0, 0.1) is 6.92 Å². The van der Waals surface area contributed by atoms with Crippen LogP contribution in [0.2, 0.25) is 5.02 Å². The molecule has 0 bridgehead atoms. The number of benzene rings is 1.